The van der Waals surface area contributed by atoms with E-state index in [1.54, 1.807) is 41.1 Å². The van der Waals surface area contributed by atoms with E-state index in [1.165, 1.54) is 18.3 Å². The number of carbonyl (C=O) groups excluding carboxylic acids is 2. The first kappa shape index (κ1) is 19.6. The lowest BCUT2D eigenvalue weighted by Crippen LogP contribution is -2.30. The third-order valence-electron chi connectivity index (χ3n) is 4.81. The van der Waals surface area contributed by atoms with Gasteiger partial charge >= 0.3 is 6.03 Å². The number of halogens is 1. The number of anilines is 2. The molecule has 1 aliphatic carbocycles. The Bertz CT molecular complexity index is 1070. The van der Waals surface area contributed by atoms with Crippen molar-refractivity contribution in [2.24, 2.45) is 0 Å². The van der Waals surface area contributed by atoms with E-state index in [2.05, 4.69) is 21.0 Å². The third-order valence-corrected chi connectivity index (χ3v) is 4.81. The Morgan fingerprint density at radius 2 is 1.80 bits per heavy atom. The Labute approximate surface area is 173 Å². The van der Waals surface area contributed by atoms with Crippen molar-refractivity contribution in [1.82, 2.24) is 15.1 Å². The molecule has 8 heteroatoms. The van der Waals surface area contributed by atoms with Crippen LogP contribution in [-0.2, 0) is 6.42 Å². The number of urea groups is 1. The highest BCUT2D eigenvalue weighted by atomic mass is 19.1. The number of hydrogen-bond donors (Lipinski definition) is 3. The molecule has 4 rings (SSSR count). The van der Waals surface area contributed by atoms with E-state index in [9.17, 15) is 14.0 Å². The average Bonchev–Trinajstić information content (AvgIpc) is 3.43. The molecule has 0 radical (unpaired) electrons. The highest BCUT2D eigenvalue weighted by Gasteiger charge is 2.23. The maximum Gasteiger partial charge on any atom is 0.319 e. The normalized spacial score (nSPS) is 13.0. The molecule has 3 amide bonds. The van der Waals surface area contributed by atoms with Gasteiger partial charge < -0.3 is 16.0 Å². The highest BCUT2D eigenvalue weighted by molar-refractivity contribution is 6.05. The average molecular weight is 407 g/mol. The first-order valence-corrected chi connectivity index (χ1v) is 9.85. The monoisotopic (exact) mass is 407 g/mol. The van der Waals surface area contributed by atoms with Crippen molar-refractivity contribution in [2.75, 3.05) is 10.6 Å². The lowest BCUT2D eigenvalue weighted by Gasteiger charge is -2.10. The molecule has 7 nitrogen and oxygen atoms in total. The van der Waals surface area contributed by atoms with Gasteiger partial charge in [-0.2, -0.15) is 5.10 Å². The molecule has 3 N–H and O–H groups in total. The van der Waals surface area contributed by atoms with Crippen LogP contribution in [0.1, 0.15) is 35.8 Å². The van der Waals surface area contributed by atoms with E-state index in [-0.39, 0.29) is 23.8 Å². The zero-order valence-corrected chi connectivity index (χ0v) is 16.5. The molecule has 1 aliphatic rings. The number of nitrogens with one attached hydrogen (secondary N) is 3. The molecule has 1 saturated carbocycles. The molecule has 0 unspecified atom stereocenters. The molecule has 154 valence electrons. The van der Waals surface area contributed by atoms with Crippen molar-refractivity contribution in [3.05, 3.63) is 71.8 Å². The molecular weight excluding hydrogens is 385 g/mol. The third kappa shape index (κ3) is 4.48. The standard InChI is InChI=1S/C22H22FN5O2/c1-2-20-19(13-24-28(20)18-10-6-14(23)7-11-18)21(29)25-16-4-3-5-17(12-16)27-22(30)26-15-8-9-15/h3-7,10-13,15H,2,8-9H2,1H3,(H,25,29)(H2,26,27,30). The predicted octanol–water partition coefficient (Wildman–Crippen LogP) is 4.11. The second-order valence-corrected chi connectivity index (χ2v) is 7.15. The SMILES string of the molecule is CCc1c(C(=O)Nc2cccc(NC(=O)NC3CC3)c2)cnn1-c1ccc(F)cc1. The summed E-state index contributed by atoms with van der Waals surface area (Å²) in [5.74, 6) is -0.638. The zero-order valence-electron chi connectivity index (χ0n) is 16.5. The molecule has 2 aromatic carbocycles. The number of amides is 3. The fourth-order valence-corrected chi connectivity index (χ4v) is 3.16. The van der Waals surface area contributed by atoms with Crippen LogP contribution in [0.3, 0.4) is 0 Å². The van der Waals surface area contributed by atoms with E-state index in [4.69, 9.17) is 0 Å². The van der Waals surface area contributed by atoms with Gasteiger partial charge in [0.2, 0.25) is 0 Å². The number of benzene rings is 2. The Morgan fingerprint density at radius 1 is 1.10 bits per heavy atom. The van der Waals surface area contributed by atoms with Gasteiger partial charge in [-0.1, -0.05) is 13.0 Å². The number of hydrogen-bond acceptors (Lipinski definition) is 3. The van der Waals surface area contributed by atoms with E-state index in [0.29, 0.717) is 29.0 Å². The van der Waals surface area contributed by atoms with Crippen LogP contribution in [0, 0.1) is 5.82 Å². The van der Waals surface area contributed by atoms with Crippen LogP contribution in [0.4, 0.5) is 20.6 Å². The molecule has 30 heavy (non-hydrogen) atoms. The first-order valence-electron chi connectivity index (χ1n) is 9.85. The van der Waals surface area contributed by atoms with E-state index in [1.807, 2.05) is 6.92 Å². The van der Waals surface area contributed by atoms with Crippen LogP contribution in [0.15, 0.2) is 54.7 Å². The highest BCUT2D eigenvalue weighted by Crippen LogP contribution is 2.21. The van der Waals surface area contributed by atoms with Crippen LogP contribution in [0.5, 0.6) is 0 Å². The fraction of sp³-hybridized carbons (Fsp3) is 0.227. The summed E-state index contributed by atoms with van der Waals surface area (Å²) in [4.78, 5) is 24.8. The molecule has 0 atom stereocenters. The predicted molar refractivity (Wildman–Crippen MR) is 112 cm³/mol. The van der Waals surface area contributed by atoms with Crippen LogP contribution in [-0.4, -0.2) is 27.8 Å². The van der Waals surface area contributed by atoms with Crippen LogP contribution in [0.2, 0.25) is 0 Å². The molecule has 1 aromatic heterocycles. The summed E-state index contributed by atoms with van der Waals surface area (Å²) in [7, 11) is 0. The van der Waals surface area contributed by atoms with Crippen LogP contribution >= 0.6 is 0 Å². The van der Waals surface area contributed by atoms with E-state index >= 15 is 0 Å². The van der Waals surface area contributed by atoms with Gasteiger partial charge in [0.25, 0.3) is 5.91 Å². The maximum atomic E-state index is 13.2. The number of nitrogens with zero attached hydrogens (tertiary/aromatic N) is 2. The number of aromatic nitrogens is 2. The zero-order chi connectivity index (χ0) is 21.1. The van der Waals surface area contributed by atoms with Gasteiger partial charge in [-0.25, -0.2) is 13.9 Å². The number of carbonyl (C=O) groups is 2. The smallest absolute Gasteiger partial charge is 0.319 e. The molecular formula is C22H22FN5O2. The summed E-state index contributed by atoms with van der Waals surface area (Å²) in [6.45, 7) is 1.93. The Morgan fingerprint density at radius 3 is 2.47 bits per heavy atom. The summed E-state index contributed by atoms with van der Waals surface area (Å²) >= 11 is 0. The maximum absolute atomic E-state index is 13.2. The van der Waals surface area contributed by atoms with E-state index < -0.39 is 0 Å². The molecule has 0 spiro atoms. The van der Waals surface area contributed by atoms with Crippen molar-refractivity contribution in [3.63, 3.8) is 0 Å². The topological polar surface area (TPSA) is 88.1 Å². The van der Waals surface area contributed by atoms with Gasteiger partial charge in [-0.3, -0.25) is 4.79 Å². The largest absolute Gasteiger partial charge is 0.335 e. The van der Waals surface area contributed by atoms with Crippen LogP contribution < -0.4 is 16.0 Å². The van der Waals surface area contributed by atoms with Crippen molar-refractivity contribution in [3.8, 4) is 5.69 Å². The van der Waals surface area contributed by atoms with Crippen molar-refractivity contribution in [1.29, 1.82) is 0 Å². The molecule has 1 fully saturated rings. The van der Waals surface area contributed by atoms with Gasteiger partial charge in [0.15, 0.2) is 0 Å². The lowest BCUT2D eigenvalue weighted by atomic mass is 10.1. The first-order chi connectivity index (χ1) is 14.5. The summed E-state index contributed by atoms with van der Waals surface area (Å²) in [6.07, 6.45) is 4.09. The Balaban J connectivity index is 1.49. The summed E-state index contributed by atoms with van der Waals surface area (Å²) in [5, 5.41) is 12.8. The van der Waals surface area contributed by atoms with Gasteiger partial charge in [-0.05, 0) is 61.7 Å². The Hall–Kier alpha value is -3.68. The molecule has 0 aliphatic heterocycles. The minimum atomic E-state index is -0.332. The van der Waals surface area contributed by atoms with Gasteiger partial charge in [-0.15, -0.1) is 0 Å². The molecule has 0 bridgehead atoms. The summed E-state index contributed by atoms with van der Waals surface area (Å²) in [6, 6.07) is 12.9. The quantitative estimate of drug-likeness (QED) is 0.575. The van der Waals surface area contributed by atoms with Crippen LogP contribution in [0.25, 0.3) is 5.69 Å². The van der Waals surface area contributed by atoms with E-state index in [0.717, 1.165) is 18.5 Å². The molecule has 1 heterocycles. The van der Waals surface area contributed by atoms with Gasteiger partial charge in [0, 0.05) is 17.4 Å². The molecule has 0 saturated heterocycles. The summed E-state index contributed by atoms with van der Waals surface area (Å²) < 4.78 is 14.8. The van der Waals surface area contributed by atoms with Gasteiger partial charge in [0.05, 0.1) is 23.1 Å². The summed E-state index contributed by atoms with van der Waals surface area (Å²) in [5.41, 5.74) is 2.98. The van der Waals surface area contributed by atoms with Crippen molar-refractivity contribution < 1.29 is 14.0 Å². The minimum absolute atomic E-state index is 0.255. The van der Waals surface area contributed by atoms with Crippen molar-refractivity contribution >= 4 is 23.3 Å². The fourth-order valence-electron chi connectivity index (χ4n) is 3.16. The van der Waals surface area contributed by atoms with Crippen molar-refractivity contribution in [2.45, 2.75) is 32.2 Å². The lowest BCUT2D eigenvalue weighted by molar-refractivity contribution is 0.102. The molecule has 3 aromatic rings. The minimum Gasteiger partial charge on any atom is -0.335 e. The second-order valence-electron chi connectivity index (χ2n) is 7.15. The second kappa shape index (κ2) is 8.36. The number of rotatable bonds is 6. The Kier molecular flexibility index (Phi) is 5.47. The van der Waals surface area contributed by atoms with Gasteiger partial charge in [0.1, 0.15) is 5.82 Å².